The molecule has 0 saturated carbocycles. The van der Waals surface area contributed by atoms with Gasteiger partial charge in [-0.2, -0.15) is 0 Å². The summed E-state index contributed by atoms with van der Waals surface area (Å²) < 4.78 is 0. The number of carbonyl (C=O) groups excluding carboxylic acids is 1. The molecule has 0 aromatic heterocycles. The first-order chi connectivity index (χ1) is 22.7. The number of amides is 1. The van der Waals surface area contributed by atoms with Gasteiger partial charge >= 0.3 is 0 Å². The van der Waals surface area contributed by atoms with Crippen molar-refractivity contribution in [3.8, 4) is 0 Å². The fourth-order valence-electron chi connectivity index (χ4n) is 6.23. The van der Waals surface area contributed by atoms with Crippen LogP contribution in [0.25, 0.3) is 0 Å². The third-order valence-corrected chi connectivity index (χ3v) is 9.43. The summed E-state index contributed by atoms with van der Waals surface area (Å²) in [6.07, 6.45) is 48.8. The summed E-state index contributed by atoms with van der Waals surface area (Å²) in [5.74, 6) is -0.0668. The van der Waals surface area contributed by atoms with Crippen LogP contribution in [-0.4, -0.2) is 34.9 Å². The third-order valence-electron chi connectivity index (χ3n) is 9.43. The van der Waals surface area contributed by atoms with Crippen molar-refractivity contribution in [1.82, 2.24) is 5.32 Å². The Kier molecular flexibility index (Phi) is 37.4. The zero-order valence-electron chi connectivity index (χ0n) is 31.1. The van der Waals surface area contributed by atoms with Gasteiger partial charge in [-0.05, 0) is 44.9 Å². The Labute approximate surface area is 288 Å². The average Bonchev–Trinajstić information content (AvgIpc) is 3.06. The van der Waals surface area contributed by atoms with Crippen molar-refractivity contribution in [1.29, 1.82) is 0 Å². The van der Waals surface area contributed by atoms with Gasteiger partial charge in [0.2, 0.25) is 5.91 Å². The van der Waals surface area contributed by atoms with Gasteiger partial charge in [-0.1, -0.05) is 192 Å². The molecule has 2 atom stereocenters. The van der Waals surface area contributed by atoms with Crippen LogP contribution in [-0.2, 0) is 4.79 Å². The van der Waals surface area contributed by atoms with E-state index in [9.17, 15) is 15.0 Å². The van der Waals surface area contributed by atoms with E-state index in [0.717, 1.165) is 25.7 Å². The molecule has 0 aromatic carbocycles. The summed E-state index contributed by atoms with van der Waals surface area (Å²) in [4.78, 5) is 12.3. The van der Waals surface area contributed by atoms with Gasteiger partial charge < -0.3 is 15.5 Å². The molecule has 0 spiro atoms. The summed E-state index contributed by atoms with van der Waals surface area (Å²) in [5, 5.41) is 22.7. The lowest BCUT2D eigenvalue weighted by Crippen LogP contribution is -2.45. The molecule has 0 saturated heterocycles. The smallest absolute Gasteiger partial charge is 0.220 e. The second kappa shape index (κ2) is 38.3. The molecule has 0 rings (SSSR count). The lowest BCUT2D eigenvalue weighted by molar-refractivity contribution is -0.123. The van der Waals surface area contributed by atoms with Gasteiger partial charge in [-0.15, -0.1) is 0 Å². The van der Waals surface area contributed by atoms with Crippen LogP contribution in [0.5, 0.6) is 0 Å². The fraction of sp³-hybridized carbons (Fsp3) is 0.881. The maximum Gasteiger partial charge on any atom is 0.220 e. The number of aliphatic hydroxyl groups excluding tert-OH is 2. The first kappa shape index (κ1) is 44.9. The molecule has 0 radical (unpaired) electrons. The number of nitrogens with one attached hydrogen (secondary N) is 1. The van der Waals surface area contributed by atoms with Crippen molar-refractivity contribution in [3.63, 3.8) is 0 Å². The Morgan fingerprint density at radius 1 is 0.500 bits per heavy atom. The molecule has 0 aliphatic carbocycles. The minimum Gasteiger partial charge on any atom is -0.394 e. The van der Waals surface area contributed by atoms with Crippen molar-refractivity contribution < 1.29 is 15.0 Å². The molecular weight excluding hydrogens is 566 g/mol. The maximum absolute atomic E-state index is 12.3. The monoisotopic (exact) mass is 648 g/mol. The molecule has 46 heavy (non-hydrogen) atoms. The number of unbranched alkanes of at least 4 members (excludes halogenated alkanes) is 28. The van der Waals surface area contributed by atoms with Gasteiger partial charge in [0.05, 0.1) is 18.8 Å². The molecule has 272 valence electrons. The summed E-state index contributed by atoms with van der Waals surface area (Å²) in [5.41, 5.74) is 0. The van der Waals surface area contributed by atoms with Crippen molar-refractivity contribution in [2.24, 2.45) is 0 Å². The van der Waals surface area contributed by atoms with Crippen LogP contribution >= 0.6 is 0 Å². The molecule has 0 bridgehead atoms. The third kappa shape index (κ3) is 34.2. The molecule has 0 heterocycles. The van der Waals surface area contributed by atoms with Crippen LogP contribution < -0.4 is 5.32 Å². The second-order valence-electron chi connectivity index (χ2n) is 14.1. The highest BCUT2D eigenvalue weighted by Gasteiger charge is 2.17. The van der Waals surface area contributed by atoms with E-state index >= 15 is 0 Å². The van der Waals surface area contributed by atoms with Crippen molar-refractivity contribution in [2.45, 2.75) is 231 Å². The number of rotatable bonds is 37. The topological polar surface area (TPSA) is 69.6 Å². The predicted octanol–water partition coefficient (Wildman–Crippen LogP) is 12.5. The molecule has 0 fully saturated rings. The van der Waals surface area contributed by atoms with E-state index in [4.69, 9.17) is 0 Å². The van der Waals surface area contributed by atoms with E-state index in [0.29, 0.717) is 6.42 Å². The van der Waals surface area contributed by atoms with Crippen LogP contribution in [0.4, 0.5) is 0 Å². The Bertz CT molecular complexity index is 661. The molecular formula is C42H81NO3. The normalized spacial score (nSPS) is 13.2. The summed E-state index contributed by atoms with van der Waals surface area (Å²) in [6, 6.07) is -0.615. The average molecular weight is 648 g/mol. The van der Waals surface area contributed by atoms with Crippen molar-refractivity contribution in [3.05, 3.63) is 24.3 Å². The molecule has 0 aromatic rings. The number of aliphatic hydroxyl groups is 2. The number of hydrogen-bond donors (Lipinski definition) is 3. The van der Waals surface area contributed by atoms with Crippen LogP contribution in [0.2, 0.25) is 0 Å². The SMILES string of the molecule is CCCCCCC/C=C/C(O)C(CO)NC(=O)CCCCCCCCCCCCCCCCC/C=C\CCCCCCCCCC. The zero-order chi connectivity index (χ0) is 33.6. The zero-order valence-corrected chi connectivity index (χ0v) is 31.1. The summed E-state index contributed by atoms with van der Waals surface area (Å²) in [6.45, 7) is 4.26. The second-order valence-corrected chi connectivity index (χ2v) is 14.1. The van der Waals surface area contributed by atoms with E-state index in [1.807, 2.05) is 6.08 Å². The number of hydrogen-bond acceptors (Lipinski definition) is 3. The quantitative estimate of drug-likeness (QED) is 0.0464. The van der Waals surface area contributed by atoms with Crippen LogP contribution in [0.3, 0.4) is 0 Å². The van der Waals surface area contributed by atoms with E-state index in [1.54, 1.807) is 6.08 Å². The van der Waals surface area contributed by atoms with Crippen LogP contribution in [0.1, 0.15) is 219 Å². The molecule has 0 aliphatic rings. The first-order valence-corrected chi connectivity index (χ1v) is 20.6. The number of allylic oxidation sites excluding steroid dienone is 3. The Morgan fingerprint density at radius 2 is 0.826 bits per heavy atom. The molecule has 2 unspecified atom stereocenters. The van der Waals surface area contributed by atoms with Gasteiger partial charge in [-0.3, -0.25) is 4.79 Å². The minimum atomic E-state index is -0.832. The van der Waals surface area contributed by atoms with E-state index in [-0.39, 0.29) is 12.5 Å². The van der Waals surface area contributed by atoms with Gasteiger partial charge in [0, 0.05) is 6.42 Å². The Morgan fingerprint density at radius 3 is 1.20 bits per heavy atom. The summed E-state index contributed by atoms with van der Waals surface area (Å²) in [7, 11) is 0. The van der Waals surface area contributed by atoms with Crippen molar-refractivity contribution in [2.75, 3.05) is 6.61 Å². The fourth-order valence-corrected chi connectivity index (χ4v) is 6.23. The van der Waals surface area contributed by atoms with Gasteiger partial charge in [0.1, 0.15) is 0 Å². The molecule has 4 heteroatoms. The lowest BCUT2D eigenvalue weighted by atomic mass is 10.0. The Balaban J connectivity index is 3.42. The van der Waals surface area contributed by atoms with Crippen molar-refractivity contribution >= 4 is 5.91 Å². The van der Waals surface area contributed by atoms with Gasteiger partial charge in [0.15, 0.2) is 0 Å². The minimum absolute atomic E-state index is 0.0668. The largest absolute Gasteiger partial charge is 0.394 e. The van der Waals surface area contributed by atoms with Gasteiger partial charge in [0.25, 0.3) is 0 Å². The highest BCUT2D eigenvalue weighted by atomic mass is 16.3. The first-order valence-electron chi connectivity index (χ1n) is 20.6. The van der Waals surface area contributed by atoms with E-state index < -0.39 is 12.1 Å². The molecule has 4 nitrogen and oxygen atoms in total. The van der Waals surface area contributed by atoms with Gasteiger partial charge in [-0.25, -0.2) is 0 Å². The van der Waals surface area contributed by atoms with E-state index in [1.165, 1.54) is 173 Å². The maximum atomic E-state index is 12.3. The highest BCUT2D eigenvalue weighted by molar-refractivity contribution is 5.76. The molecule has 3 N–H and O–H groups in total. The number of carbonyl (C=O) groups is 1. The standard InChI is InChI=1S/C42H81NO3/c1-3-5-7-9-11-12-13-14-15-16-17-18-19-20-21-22-23-24-25-26-27-28-29-30-32-34-36-38-42(46)43-40(39-44)41(45)37-35-33-31-10-8-6-4-2/h16-17,35,37,40-41,44-45H,3-15,18-34,36,38-39H2,1-2H3,(H,43,46)/b17-16-,37-35+. The highest BCUT2D eigenvalue weighted by Crippen LogP contribution is 2.15. The van der Waals surface area contributed by atoms with Crippen LogP contribution in [0, 0.1) is 0 Å². The predicted molar refractivity (Wildman–Crippen MR) is 202 cm³/mol. The molecule has 0 aliphatic heterocycles. The van der Waals surface area contributed by atoms with E-state index in [2.05, 4.69) is 31.3 Å². The Hall–Kier alpha value is -1.13. The van der Waals surface area contributed by atoms with Crippen LogP contribution in [0.15, 0.2) is 24.3 Å². The summed E-state index contributed by atoms with van der Waals surface area (Å²) >= 11 is 0. The molecule has 1 amide bonds. The lowest BCUT2D eigenvalue weighted by Gasteiger charge is -2.20.